The van der Waals surface area contributed by atoms with Crippen molar-refractivity contribution < 1.29 is 19.3 Å². The highest BCUT2D eigenvalue weighted by molar-refractivity contribution is 5.66. The summed E-state index contributed by atoms with van der Waals surface area (Å²) in [6.07, 6.45) is -0.522. The zero-order valence-corrected chi connectivity index (χ0v) is 9.14. The van der Waals surface area contributed by atoms with Gasteiger partial charge in [-0.15, -0.1) is 0 Å². The second kappa shape index (κ2) is 7.67. The number of benzene rings is 1. The molecule has 0 spiro atoms. The lowest BCUT2D eigenvalue weighted by Gasteiger charge is -2.05. The van der Waals surface area contributed by atoms with E-state index in [1.807, 2.05) is 30.3 Å². The largest absolute Gasteiger partial charge is 0.419 e. The second-order valence-electron chi connectivity index (χ2n) is 2.95. The molecule has 0 atom stereocenters. The topological polar surface area (TPSA) is 56.8 Å². The molecule has 1 N–H and O–H groups in total. The molecule has 0 aliphatic heterocycles. The summed E-state index contributed by atoms with van der Waals surface area (Å²) in [4.78, 5) is 20.3. The molecule has 16 heavy (non-hydrogen) atoms. The Morgan fingerprint density at radius 1 is 1.25 bits per heavy atom. The Hall–Kier alpha value is -1.59. The average molecular weight is 225 g/mol. The van der Waals surface area contributed by atoms with Crippen LogP contribution in [0.5, 0.6) is 0 Å². The minimum atomic E-state index is -0.522. The van der Waals surface area contributed by atoms with Crippen LogP contribution in [0.3, 0.4) is 0 Å². The van der Waals surface area contributed by atoms with E-state index in [0.717, 1.165) is 5.56 Å². The Kier molecular flexibility index (Phi) is 5.98. The van der Waals surface area contributed by atoms with Crippen LogP contribution in [0.1, 0.15) is 12.5 Å². The molecule has 5 nitrogen and oxygen atoms in total. The molecule has 5 heteroatoms. The van der Waals surface area contributed by atoms with E-state index < -0.39 is 6.09 Å². The minimum Gasteiger partial charge on any atom is -0.419 e. The number of nitrogens with one attached hydrogen (secondary N) is 1. The van der Waals surface area contributed by atoms with E-state index in [1.165, 1.54) is 0 Å². The van der Waals surface area contributed by atoms with Crippen LogP contribution in [-0.4, -0.2) is 19.4 Å². The number of hydrogen-bond acceptors (Lipinski definition) is 4. The number of ether oxygens (including phenoxy) is 1. The fourth-order valence-electron chi connectivity index (χ4n) is 0.991. The van der Waals surface area contributed by atoms with E-state index in [4.69, 9.17) is 4.89 Å². The Morgan fingerprint density at radius 2 is 2.00 bits per heavy atom. The van der Waals surface area contributed by atoms with E-state index in [2.05, 4.69) is 14.9 Å². The van der Waals surface area contributed by atoms with Crippen LogP contribution in [-0.2, 0) is 21.1 Å². The molecule has 0 unspecified atom stereocenters. The quantitative estimate of drug-likeness (QED) is 0.347. The van der Waals surface area contributed by atoms with Gasteiger partial charge in [0.2, 0.25) is 6.79 Å². The molecule has 0 saturated heterocycles. The molecule has 0 heterocycles. The summed E-state index contributed by atoms with van der Waals surface area (Å²) < 4.78 is 4.62. The van der Waals surface area contributed by atoms with Crippen molar-refractivity contribution in [1.29, 1.82) is 0 Å². The van der Waals surface area contributed by atoms with Crippen molar-refractivity contribution in [2.24, 2.45) is 0 Å². The molecule has 0 aromatic heterocycles. The number of amides is 1. The molecule has 1 aromatic carbocycles. The maximum atomic E-state index is 10.8. The molecule has 1 amide bonds. The van der Waals surface area contributed by atoms with Crippen LogP contribution >= 0.6 is 0 Å². The zero-order chi connectivity index (χ0) is 11.6. The predicted octanol–water partition coefficient (Wildman–Crippen LogP) is 1.84. The molecule has 0 fully saturated rings. The summed E-state index contributed by atoms with van der Waals surface area (Å²) in [5.41, 5.74) is 0.987. The second-order valence-corrected chi connectivity index (χ2v) is 2.95. The number of carbonyl (C=O) groups is 1. The summed E-state index contributed by atoms with van der Waals surface area (Å²) >= 11 is 0. The maximum Gasteiger partial charge on any atom is 0.409 e. The van der Waals surface area contributed by atoms with Gasteiger partial charge >= 0.3 is 6.09 Å². The summed E-state index contributed by atoms with van der Waals surface area (Å²) in [5, 5.41) is 2.46. The molecule has 1 rings (SSSR count). The number of hydrogen-bond donors (Lipinski definition) is 1. The van der Waals surface area contributed by atoms with Gasteiger partial charge in [0.05, 0.1) is 0 Å². The van der Waals surface area contributed by atoms with Gasteiger partial charge in [-0.3, -0.25) is 0 Å². The van der Waals surface area contributed by atoms with Crippen molar-refractivity contribution in [3.05, 3.63) is 35.9 Å². The molecule has 0 aliphatic rings. The SMILES string of the molecule is CCNC(=O)OCOOCc1ccccc1. The maximum absolute atomic E-state index is 10.8. The third-order valence-electron chi connectivity index (χ3n) is 1.71. The summed E-state index contributed by atoms with van der Waals surface area (Å²) in [5.74, 6) is 0. The standard InChI is InChI=1S/C11H15NO4/c1-2-12-11(13)14-9-16-15-8-10-6-4-3-5-7-10/h3-7H,2,8-9H2,1H3,(H,12,13). The van der Waals surface area contributed by atoms with Gasteiger partial charge in [-0.1, -0.05) is 30.3 Å². The van der Waals surface area contributed by atoms with Crippen LogP contribution in [0.15, 0.2) is 30.3 Å². The van der Waals surface area contributed by atoms with Crippen molar-refractivity contribution in [1.82, 2.24) is 5.32 Å². The van der Waals surface area contributed by atoms with Crippen molar-refractivity contribution in [3.63, 3.8) is 0 Å². The lowest BCUT2D eigenvalue weighted by Crippen LogP contribution is -2.24. The first-order chi connectivity index (χ1) is 7.83. The first kappa shape index (κ1) is 12.5. The van der Waals surface area contributed by atoms with Crippen molar-refractivity contribution >= 4 is 6.09 Å². The summed E-state index contributed by atoms with van der Waals surface area (Å²) in [6.45, 7) is 2.41. The Morgan fingerprint density at radius 3 is 2.69 bits per heavy atom. The fraction of sp³-hybridized carbons (Fsp3) is 0.364. The average Bonchev–Trinajstić information content (AvgIpc) is 2.30. The van der Waals surface area contributed by atoms with Crippen LogP contribution in [0.4, 0.5) is 4.79 Å². The zero-order valence-electron chi connectivity index (χ0n) is 9.14. The molecule has 0 radical (unpaired) electrons. The lowest BCUT2D eigenvalue weighted by atomic mass is 10.2. The molecule has 0 saturated carbocycles. The van der Waals surface area contributed by atoms with Gasteiger partial charge in [-0.25, -0.2) is 9.68 Å². The first-order valence-corrected chi connectivity index (χ1v) is 5.02. The Balaban J connectivity index is 2.02. The van der Waals surface area contributed by atoms with Gasteiger partial charge < -0.3 is 10.1 Å². The number of carbonyl (C=O) groups excluding carboxylic acids is 1. The predicted molar refractivity (Wildman–Crippen MR) is 57.3 cm³/mol. The monoisotopic (exact) mass is 225 g/mol. The van der Waals surface area contributed by atoms with Crippen LogP contribution in [0, 0.1) is 0 Å². The van der Waals surface area contributed by atoms with Gasteiger partial charge in [-0.05, 0) is 12.5 Å². The van der Waals surface area contributed by atoms with Crippen LogP contribution in [0.25, 0.3) is 0 Å². The van der Waals surface area contributed by atoms with E-state index in [1.54, 1.807) is 6.92 Å². The normalized spacial score (nSPS) is 9.81. The molecule has 1 aromatic rings. The van der Waals surface area contributed by atoms with Crippen molar-refractivity contribution in [2.75, 3.05) is 13.3 Å². The molecular formula is C11H15NO4. The van der Waals surface area contributed by atoms with Crippen molar-refractivity contribution in [2.45, 2.75) is 13.5 Å². The third-order valence-corrected chi connectivity index (χ3v) is 1.71. The smallest absolute Gasteiger partial charge is 0.409 e. The van der Waals surface area contributed by atoms with E-state index >= 15 is 0 Å². The van der Waals surface area contributed by atoms with Crippen LogP contribution < -0.4 is 5.32 Å². The van der Waals surface area contributed by atoms with E-state index in [-0.39, 0.29) is 6.79 Å². The van der Waals surface area contributed by atoms with Gasteiger partial charge in [0.1, 0.15) is 6.61 Å². The van der Waals surface area contributed by atoms with Gasteiger partial charge in [-0.2, -0.15) is 4.89 Å². The summed E-state index contributed by atoms with van der Waals surface area (Å²) in [6, 6.07) is 9.55. The Labute approximate surface area is 94.2 Å². The van der Waals surface area contributed by atoms with E-state index in [9.17, 15) is 4.79 Å². The number of alkyl carbamates (subject to hydrolysis) is 1. The van der Waals surface area contributed by atoms with Crippen LogP contribution in [0.2, 0.25) is 0 Å². The fourth-order valence-corrected chi connectivity index (χ4v) is 0.991. The van der Waals surface area contributed by atoms with Gasteiger partial charge in [0.25, 0.3) is 0 Å². The Bertz CT molecular complexity index is 302. The first-order valence-electron chi connectivity index (χ1n) is 5.02. The van der Waals surface area contributed by atoms with Gasteiger partial charge in [0, 0.05) is 6.54 Å². The van der Waals surface area contributed by atoms with Gasteiger partial charge in [0.15, 0.2) is 0 Å². The highest BCUT2D eigenvalue weighted by Gasteiger charge is 1.98. The molecule has 0 aliphatic carbocycles. The van der Waals surface area contributed by atoms with E-state index in [0.29, 0.717) is 13.2 Å². The third kappa shape index (κ3) is 5.33. The minimum absolute atomic E-state index is 0.224. The number of rotatable bonds is 6. The highest BCUT2D eigenvalue weighted by Crippen LogP contribution is 2.00. The lowest BCUT2D eigenvalue weighted by molar-refractivity contribution is -0.335. The highest BCUT2D eigenvalue weighted by atomic mass is 17.2. The van der Waals surface area contributed by atoms with Crippen molar-refractivity contribution in [3.8, 4) is 0 Å². The molecule has 0 bridgehead atoms. The molecular weight excluding hydrogens is 210 g/mol. The summed E-state index contributed by atoms with van der Waals surface area (Å²) in [7, 11) is 0. The molecule has 88 valence electrons.